The molecule has 2 rings (SSSR count). The largest absolute Gasteiger partial charge is 0.503 e. The SMILES string of the molecule is Oc1c(Br)ccc2c1OCCC2. The van der Waals surface area contributed by atoms with Gasteiger partial charge in [0, 0.05) is 0 Å². The van der Waals surface area contributed by atoms with Crippen LogP contribution in [0, 0.1) is 0 Å². The molecule has 1 N–H and O–H groups in total. The summed E-state index contributed by atoms with van der Waals surface area (Å²) in [5.74, 6) is 0.878. The maximum absolute atomic E-state index is 9.57. The van der Waals surface area contributed by atoms with Crippen LogP contribution in [0.5, 0.6) is 11.5 Å². The van der Waals surface area contributed by atoms with Gasteiger partial charge in [0.15, 0.2) is 11.5 Å². The number of aromatic hydroxyl groups is 1. The summed E-state index contributed by atoms with van der Waals surface area (Å²) in [6.45, 7) is 0.705. The molecular formula is C9H9BrO2. The van der Waals surface area contributed by atoms with E-state index in [0.717, 1.165) is 18.4 Å². The summed E-state index contributed by atoms with van der Waals surface area (Å²) in [6, 6.07) is 3.83. The van der Waals surface area contributed by atoms with E-state index in [1.807, 2.05) is 12.1 Å². The second kappa shape index (κ2) is 2.98. The van der Waals surface area contributed by atoms with E-state index in [1.54, 1.807) is 0 Å². The second-order valence-corrected chi connectivity index (χ2v) is 3.69. The Balaban J connectivity index is 2.54. The Morgan fingerprint density at radius 2 is 2.25 bits per heavy atom. The molecule has 0 saturated heterocycles. The average molecular weight is 229 g/mol. The normalized spacial score (nSPS) is 15.1. The molecule has 0 aromatic heterocycles. The Morgan fingerprint density at radius 3 is 3.08 bits per heavy atom. The van der Waals surface area contributed by atoms with E-state index >= 15 is 0 Å². The number of hydrogen-bond donors (Lipinski definition) is 1. The van der Waals surface area contributed by atoms with Crippen LogP contribution in [0.3, 0.4) is 0 Å². The Kier molecular flexibility index (Phi) is 1.97. The van der Waals surface area contributed by atoms with Crippen molar-refractivity contribution in [2.45, 2.75) is 12.8 Å². The molecule has 3 heteroatoms. The van der Waals surface area contributed by atoms with Crippen molar-refractivity contribution >= 4 is 15.9 Å². The number of benzene rings is 1. The van der Waals surface area contributed by atoms with Gasteiger partial charge in [0.1, 0.15) is 0 Å². The highest BCUT2D eigenvalue weighted by Crippen LogP contribution is 2.39. The van der Waals surface area contributed by atoms with Crippen LogP contribution in [-0.2, 0) is 6.42 Å². The van der Waals surface area contributed by atoms with Crippen molar-refractivity contribution < 1.29 is 9.84 Å². The number of halogens is 1. The Bertz CT molecular complexity index is 310. The van der Waals surface area contributed by atoms with Gasteiger partial charge >= 0.3 is 0 Å². The van der Waals surface area contributed by atoms with Gasteiger partial charge in [-0.05, 0) is 40.4 Å². The second-order valence-electron chi connectivity index (χ2n) is 2.84. The Morgan fingerprint density at radius 1 is 1.42 bits per heavy atom. The van der Waals surface area contributed by atoms with Crippen LogP contribution in [0.15, 0.2) is 16.6 Å². The molecule has 0 radical (unpaired) electrons. The molecule has 0 amide bonds. The van der Waals surface area contributed by atoms with Crippen LogP contribution in [0.2, 0.25) is 0 Å². The molecule has 1 aliphatic rings. The van der Waals surface area contributed by atoms with E-state index in [4.69, 9.17) is 4.74 Å². The smallest absolute Gasteiger partial charge is 0.172 e. The summed E-state index contributed by atoms with van der Waals surface area (Å²) in [6.07, 6.45) is 2.03. The minimum Gasteiger partial charge on any atom is -0.503 e. The fraction of sp³-hybridized carbons (Fsp3) is 0.333. The van der Waals surface area contributed by atoms with E-state index in [-0.39, 0.29) is 5.75 Å². The number of ether oxygens (including phenoxy) is 1. The molecule has 0 atom stereocenters. The third-order valence-electron chi connectivity index (χ3n) is 2.00. The van der Waals surface area contributed by atoms with Crippen LogP contribution in [-0.4, -0.2) is 11.7 Å². The molecule has 0 aliphatic carbocycles. The van der Waals surface area contributed by atoms with E-state index in [1.165, 1.54) is 0 Å². The van der Waals surface area contributed by atoms with Gasteiger partial charge in [-0.15, -0.1) is 0 Å². The first-order chi connectivity index (χ1) is 5.79. The highest BCUT2D eigenvalue weighted by atomic mass is 79.9. The van der Waals surface area contributed by atoms with Crippen LogP contribution >= 0.6 is 15.9 Å². The standard InChI is InChI=1S/C9H9BrO2/c10-7-4-3-6-2-1-5-12-9(6)8(7)11/h3-4,11H,1-2,5H2. The fourth-order valence-corrected chi connectivity index (χ4v) is 1.70. The molecule has 0 spiro atoms. The highest BCUT2D eigenvalue weighted by Gasteiger charge is 2.15. The molecule has 64 valence electrons. The number of aryl methyl sites for hydroxylation is 1. The van der Waals surface area contributed by atoms with Crippen LogP contribution in [0.4, 0.5) is 0 Å². The van der Waals surface area contributed by atoms with Gasteiger partial charge < -0.3 is 9.84 Å². The van der Waals surface area contributed by atoms with Gasteiger partial charge in [-0.2, -0.15) is 0 Å². The van der Waals surface area contributed by atoms with Gasteiger partial charge in [0.05, 0.1) is 11.1 Å². The summed E-state index contributed by atoms with van der Waals surface area (Å²) in [4.78, 5) is 0. The van der Waals surface area contributed by atoms with Gasteiger partial charge in [0.2, 0.25) is 0 Å². The maximum Gasteiger partial charge on any atom is 0.172 e. The Labute approximate surface area is 79.3 Å². The van der Waals surface area contributed by atoms with Crippen molar-refractivity contribution in [1.29, 1.82) is 0 Å². The van der Waals surface area contributed by atoms with E-state index in [9.17, 15) is 5.11 Å². The van der Waals surface area contributed by atoms with E-state index in [0.29, 0.717) is 16.8 Å². The van der Waals surface area contributed by atoms with E-state index in [2.05, 4.69) is 15.9 Å². The molecule has 0 bridgehead atoms. The molecule has 0 unspecified atom stereocenters. The van der Waals surface area contributed by atoms with Crippen molar-refractivity contribution in [2.24, 2.45) is 0 Å². The maximum atomic E-state index is 9.57. The quantitative estimate of drug-likeness (QED) is 0.740. The van der Waals surface area contributed by atoms with Crippen LogP contribution in [0.1, 0.15) is 12.0 Å². The van der Waals surface area contributed by atoms with Crippen molar-refractivity contribution in [1.82, 2.24) is 0 Å². The lowest BCUT2D eigenvalue weighted by atomic mass is 10.1. The van der Waals surface area contributed by atoms with Crippen molar-refractivity contribution in [2.75, 3.05) is 6.61 Å². The number of rotatable bonds is 0. The zero-order valence-corrected chi connectivity index (χ0v) is 8.10. The molecular weight excluding hydrogens is 220 g/mol. The summed E-state index contributed by atoms with van der Waals surface area (Å²) in [5, 5.41) is 9.57. The number of phenolic OH excluding ortho intramolecular Hbond substituents is 1. The minimum atomic E-state index is 0.229. The lowest BCUT2D eigenvalue weighted by molar-refractivity contribution is 0.272. The highest BCUT2D eigenvalue weighted by molar-refractivity contribution is 9.10. The first-order valence-corrected chi connectivity index (χ1v) is 4.71. The number of hydrogen-bond acceptors (Lipinski definition) is 2. The van der Waals surface area contributed by atoms with Crippen molar-refractivity contribution in [3.05, 3.63) is 22.2 Å². The van der Waals surface area contributed by atoms with Gasteiger partial charge in [-0.25, -0.2) is 0 Å². The molecule has 2 nitrogen and oxygen atoms in total. The van der Waals surface area contributed by atoms with Crippen LogP contribution < -0.4 is 4.74 Å². The van der Waals surface area contributed by atoms with Gasteiger partial charge in [-0.3, -0.25) is 0 Å². The lowest BCUT2D eigenvalue weighted by Crippen LogP contribution is -2.08. The minimum absolute atomic E-state index is 0.229. The van der Waals surface area contributed by atoms with Crippen LogP contribution in [0.25, 0.3) is 0 Å². The summed E-state index contributed by atoms with van der Waals surface area (Å²) in [7, 11) is 0. The summed E-state index contributed by atoms with van der Waals surface area (Å²) < 4.78 is 6.05. The molecule has 12 heavy (non-hydrogen) atoms. The zero-order chi connectivity index (χ0) is 8.55. The first-order valence-electron chi connectivity index (χ1n) is 3.92. The first kappa shape index (κ1) is 7.92. The number of phenols is 1. The molecule has 1 aromatic carbocycles. The summed E-state index contributed by atoms with van der Waals surface area (Å²) >= 11 is 3.24. The Hall–Kier alpha value is -0.700. The topological polar surface area (TPSA) is 29.5 Å². The van der Waals surface area contributed by atoms with Crippen molar-refractivity contribution in [3.8, 4) is 11.5 Å². The average Bonchev–Trinajstić information content (AvgIpc) is 2.12. The van der Waals surface area contributed by atoms with E-state index < -0.39 is 0 Å². The third kappa shape index (κ3) is 1.18. The molecule has 1 heterocycles. The zero-order valence-electron chi connectivity index (χ0n) is 6.51. The van der Waals surface area contributed by atoms with Crippen molar-refractivity contribution in [3.63, 3.8) is 0 Å². The molecule has 0 saturated carbocycles. The predicted molar refractivity (Wildman–Crippen MR) is 49.6 cm³/mol. The monoisotopic (exact) mass is 228 g/mol. The molecule has 0 fully saturated rings. The lowest BCUT2D eigenvalue weighted by Gasteiger charge is -2.18. The van der Waals surface area contributed by atoms with Gasteiger partial charge in [0.25, 0.3) is 0 Å². The molecule has 1 aromatic rings. The third-order valence-corrected chi connectivity index (χ3v) is 2.64. The molecule has 1 aliphatic heterocycles. The van der Waals surface area contributed by atoms with Gasteiger partial charge in [-0.1, -0.05) is 6.07 Å². The predicted octanol–water partition coefficient (Wildman–Crippen LogP) is 2.48. The fourth-order valence-electron chi connectivity index (χ4n) is 1.38. The number of fused-ring (bicyclic) bond motifs is 1. The summed E-state index contributed by atoms with van der Waals surface area (Å²) in [5.41, 5.74) is 1.10.